The van der Waals surface area contributed by atoms with E-state index in [0.29, 0.717) is 12.5 Å². The monoisotopic (exact) mass is 390 g/mol. The molecule has 0 N–H and O–H groups in total. The number of hydrogen-bond acceptors (Lipinski definition) is 5. The molecule has 6 heteroatoms. The van der Waals surface area contributed by atoms with Crippen LogP contribution in [-0.4, -0.2) is 27.5 Å². The maximum absolute atomic E-state index is 13.1. The molecule has 6 nitrogen and oxygen atoms in total. The minimum Gasteiger partial charge on any atom is -0.272 e. The number of hydroxylamine groups is 2. The predicted octanol–water partition coefficient (Wildman–Crippen LogP) is 3.91. The van der Waals surface area contributed by atoms with Gasteiger partial charge in [-0.05, 0) is 62.1 Å². The van der Waals surface area contributed by atoms with Crippen LogP contribution in [0.1, 0.15) is 60.5 Å². The normalized spacial score (nSPS) is 24.3. The van der Waals surface area contributed by atoms with E-state index in [1.165, 1.54) is 5.56 Å². The molecule has 1 atom stereocenters. The zero-order valence-electron chi connectivity index (χ0n) is 16.8. The molecule has 0 bridgehead atoms. The molecule has 1 aromatic heterocycles. The molecule has 0 radical (unpaired) electrons. The molecule has 0 spiro atoms. The van der Waals surface area contributed by atoms with Crippen LogP contribution in [0.15, 0.2) is 36.8 Å². The molecule has 1 aliphatic heterocycles. The number of aryl methyl sites for hydroxylation is 1. The molecule has 0 unspecified atom stereocenters. The van der Waals surface area contributed by atoms with Gasteiger partial charge in [-0.3, -0.25) is 19.6 Å². The Morgan fingerprint density at radius 2 is 2.07 bits per heavy atom. The van der Waals surface area contributed by atoms with Gasteiger partial charge in [0.05, 0.1) is 30.1 Å². The average Bonchev–Trinajstić information content (AvgIpc) is 3.26. The first-order valence-electron chi connectivity index (χ1n) is 10.4. The topological polar surface area (TPSA) is 79.1 Å². The van der Waals surface area contributed by atoms with E-state index < -0.39 is 0 Å². The minimum absolute atomic E-state index is 0.0104. The highest BCUT2D eigenvalue weighted by atomic mass is 16.7. The predicted molar refractivity (Wildman–Crippen MR) is 107 cm³/mol. The Morgan fingerprint density at radius 3 is 2.79 bits per heavy atom. The SMILES string of the molecule is Cc1ccc(CC2CCC(C(=O)N3OCC[C@H]3c3cnccn3)CC2)cc1C#N. The van der Waals surface area contributed by atoms with Crippen LogP contribution in [-0.2, 0) is 16.1 Å². The van der Waals surface area contributed by atoms with Crippen LogP contribution in [0, 0.1) is 30.1 Å². The van der Waals surface area contributed by atoms with Gasteiger partial charge in [0.25, 0.3) is 0 Å². The summed E-state index contributed by atoms with van der Waals surface area (Å²) in [5.74, 6) is 0.651. The summed E-state index contributed by atoms with van der Waals surface area (Å²) in [4.78, 5) is 27.3. The largest absolute Gasteiger partial charge is 0.272 e. The zero-order valence-corrected chi connectivity index (χ0v) is 16.8. The molecule has 2 fully saturated rings. The maximum Gasteiger partial charge on any atom is 0.249 e. The van der Waals surface area contributed by atoms with E-state index in [1.54, 1.807) is 23.7 Å². The molecule has 2 aromatic rings. The third-order valence-corrected chi connectivity index (χ3v) is 6.19. The summed E-state index contributed by atoms with van der Waals surface area (Å²) in [6, 6.07) is 8.30. The van der Waals surface area contributed by atoms with Crippen molar-refractivity contribution in [2.45, 2.75) is 51.5 Å². The molecule has 1 saturated heterocycles. The number of amides is 1. The summed E-state index contributed by atoms with van der Waals surface area (Å²) >= 11 is 0. The highest BCUT2D eigenvalue weighted by molar-refractivity contribution is 5.78. The first kappa shape index (κ1) is 19.5. The summed E-state index contributed by atoms with van der Waals surface area (Å²) in [5, 5.41) is 10.8. The minimum atomic E-state index is -0.133. The fourth-order valence-electron chi connectivity index (χ4n) is 4.48. The molecule has 1 aliphatic carbocycles. The number of nitrogens with zero attached hydrogens (tertiary/aromatic N) is 4. The average molecular weight is 390 g/mol. The van der Waals surface area contributed by atoms with Gasteiger partial charge in [0, 0.05) is 24.7 Å². The summed E-state index contributed by atoms with van der Waals surface area (Å²) in [6.45, 7) is 2.50. The number of nitriles is 1. The molecular weight excluding hydrogens is 364 g/mol. The third kappa shape index (κ3) is 4.30. The van der Waals surface area contributed by atoms with Gasteiger partial charge in [-0.25, -0.2) is 5.06 Å². The van der Waals surface area contributed by atoms with E-state index in [2.05, 4.69) is 22.1 Å². The Morgan fingerprint density at radius 1 is 1.24 bits per heavy atom. The van der Waals surface area contributed by atoms with Crippen molar-refractivity contribution in [1.29, 1.82) is 5.26 Å². The van der Waals surface area contributed by atoms with Crippen molar-refractivity contribution in [1.82, 2.24) is 15.0 Å². The Kier molecular flexibility index (Phi) is 5.86. The standard InChI is InChI=1S/C23H26N4O2/c1-16-2-3-18(13-20(16)14-24)12-17-4-6-19(7-5-17)23(28)27-22(8-11-29-27)21-15-25-9-10-26-21/h2-3,9-10,13,15,17,19,22H,4-8,11-12H2,1H3/t17?,19?,22-/m0/s1. The Balaban J connectivity index is 1.34. The third-order valence-electron chi connectivity index (χ3n) is 6.19. The van der Waals surface area contributed by atoms with Crippen LogP contribution >= 0.6 is 0 Å². The van der Waals surface area contributed by atoms with E-state index in [9.17, 15) is 10.1 Å². The van der Waals surface area contributed by atoms with Crippen LogP contribution in [0.25, 0.3) is 0 Å². The molecule has 1 aromatic carbocycles. The summed E-state index contributed by atoms with van der Waals surface area (Å²) in [7, 11) is 0. The number of carbonyl (C=O) groups is 1. The second kappa shape index (κ2) is 8.71. The number of carbonyl (C=O) groups excluding carboxylic acids is 1. The van der Waals surface area contributed by atoms with Crippen LogP contribution in [0.4, 0.5) is 0 Å². The fourth-order valence-corrected chi connectivity index (χ4v) is 4.48. The maximum atomic E-state index is 13.1. The molecule has 2 heterocycles. The molecule has 4 rings (SSSR count). The van der Waals surface area contributed by atoms with Crippen LogP contribution < -0.4 is 0 Å². The smallest absolute Gasteiger partial charge is 0.249 e. The van der Waals surface area contributed by atoms with Crippen molar-refractivity contribution in [2.75, 3.05) is 6.61 Å². The number of benzene rings is 1. The number of rotatable bonds is 4. The van der Waals surface area contributed by atoms with E-state index in [1.807, 2.05) is 19.1 Å². The lowest BCUT2D eigenvalue weighted by molar-refractivity contribution is -0.183. The van der Waals surface area contributed by atoms with Crippen LogP contribution in [0.5, 0.6) is 0 Å². The van der Waals surface area contributed by atoms with Crippen LogP contribution in [0.3, 0.4) is 0 Å². The highest BCUT2D eigenvalue weighted by Gasteiger charge is 2.37. The van der Waals surface area contributed by atoms with Crippen molar-refractivity contribution >= 4 is 5.91 Å². The lowest BCUT2D eigenvalue weighted by atomic mass is 9.78. The van der Waals surface area contributed by atoms with Crippen molar-refractivity contribution in [2.24, 2.45) is 11.8 Å². The molecule has 1 saturated carbocycles. The molecule has 150 valence electrons. The van der Waals surface area contributed by atoms with E-state index in [0.717, 1.165) is 55.3 Å². The second-order valence-electron chi connectivity index (χ2n) is 8.11. The molecule has 29 heavy (non-hydrogen) atoms. The van der Waals surface area contributed by atoms with E-state index >= 15 is 0 Å². The summed E-state index contributed by atoms with van der Waals surface area (Å²) < 4.78 is 0. The van der Waals surface area contributed by atoms with Crippen molar-refractivity contribution in [3.8, 4) is 6.07 Å². The van der Waals surface area contributed by atoms with Gasteiger partial charge in [-0.15, -0.1) is 0 Å². The molecular formula is C23H26N4O2. The molecule has 1 amide bonds. The van der Waals surface area contributed by atoms with Crippen LogP contribution in [0.2, 0.25) is 0 Å². The highest BCUT2D eigenvalue weighted by Crippen LogP contribution is 2.36. The summed E-state index contributed by atoms with van der Waals surface area (Å²) in [6.07, 6.45) is 10.6. The number of hydrogen-bond donors (Lipinski definition) is 0. The lowest BCUT2D eigenvalue weighted by Gasteiger charge is -2.31. The van der Waals surface area contributed by atoms with Gasteiger partial charge in [0.15, 0.2) is 0 Å². The Bertz CT molecular complexity index is 901. The lowest BCUT2D eigenvalue weighted by Crippen LogP contribution is -2.37. The van der Waals surface area contributed by atoms with Gasteiger partial charge >= 0.3 is 0 Å². The summed E-state index contributed by atoms with van der Waals surface area (Å²) in [5.41, 5.74) is 3.79. The van der Waals surface area contributed by atoms with Crippen molar-refractivity contribution in [3.05, 3.63) is 59.2 Å². The van der Waals surface area contributed by atoms with Gasteiger partial charge in [0.2, 0.25) is 5.91 Å². The van der Waals surface area contributed by atoms with Crippen molar-refractivity contribution < 1.29 is 9.63 Å². The number of aromatic nitrogens is 2. The Hall–Kier alpha value is -2.78. The second-order valence-corrected chi connectivity index (χ2v) is 8.11. The van der Waals surface area contributed by atoms with E-state index in [-0.39, 0.29) is 17.9 Å². The Labute approximate surface area is 171 Å². The van der Waals surface area contributed by atoms with Gasteiger partial charge in [0.1, 0.15) is 6.04 Å². The quantitative estimate of drug-likeness (QED) is 0.791. The first-order valence-corrected chi connectivity index (χ1v) is 10.4. The van der Waals surface area contributed by atoms with E-state index in [4.69, 9.17) is 4.84 Å². The zero-order chi connectivity index (χ0) is 20.2. The van der Waals surface area contributed by atoms with Gasteiger partial charge in [-0.2, -0.15) is 5.26 Å². The van der Waals surface area contributed by atoms with Gasteiger partial charge < -0.3 is 0 Å². The molecule has 2 aliphatic rings. The van der Waals surface area contributed by atoms with Crippen molar-refractivity contribution in [3.63, 3.8) is 0 Å². The van der Waals surface area contributed by atoms with Gasteiger partial charge in [-0.1, -0.05) is 12.1 Å². The first-order chi connectivity index (χ1) is 14.2. The fraction of sp³-hybridized carbons (Fsp3) is 0.478.